The van der Waals surface area contributed by atoms with Gasteiger partial charge in [-0.05, 0) is 11.6 Å². The predicted molar refractivity (Wildman–Crippen MR) is 81.3 cm³/mol. The number of rotatable bonds is 3. The second-order valence-electron chi connectivity index (χ2n) is 5.07. The van der Waals surface area contributed by atoms with Gasteiger partial charge in [0.2, 0.25) is 5.91 Å². The van der Waals surface area contributed by atoms with Gasteiger partial charge in [0.25, 0.3) is 0 Å². The Bertz CT molecular complexity index is 656. The lowest BCUT2D eigenvalue weighted by atomic mass is 10.0. The first kappa shape index (κ1) is 14.2. The van der Waals surface area contributed by atoms with Crippen molar-refractivity contribution in [3.63, 3.8) is 0 Å². The number of nitrogens with one attached hydrogen (secondary N) is 1. The van der Waals surface area contributed by atoms with Crippen LogP contribution in [0.5, 0.6) is 0 Å². The summed E-state index contributed by atoms with van der Waals surface area (Å²) in [7, 11) is 1.84. The number of hydrogen-bond donors (Lipinski definition) is 1. The minimum atomic E-state index is -0.309. The highest BCUT2D eigenvalue weighted by molar-refractivity contribution is 9.10. The molecular weight excluding hydrogens is 334 g/mol. The molecule has 1 fully saturated rings. The first-order valence-corrected chi connectivity index (χ1v) is 7.56. The number of hydrogen-bond acceptors (Lipinski definition) is 4. The predicted octanol–water partition coefficient (Wildman–Crippen LogP) is 1.25. The lowest BCUT2D eigenvalue weighted by Gasteiger charge is -2.35. The third-order valence-electron chi connectivity index (χ3n) is 3.53. The van der Waals surface area contributed by atoms with Gasteiger partial charge in [0.15, 0.2) is 0 Å². The molecule has 1 aliphatic rings. The highest BCUT2D eigenvalue weighted by Gasteiger charge is 2.32. The summed E-state index contributed by atoms with van der Waals surface area (Å²) in [6.07, 6.45) is 1.88. The number of amides is 1. The minimum absolute atomic E-state index is 0.0250. The number of nitrogens with zero attached hydrogens (tertiary/aromatic N) is 4. The SMILES string of the molecule is Cn1cc(CN2CCNC(=O)C2c2ccccc2Br)nn1. The maximum absolute atomic E-state index is 12.3. The first-order valence-electron chi connectivity index (χ1n) is 6.76. The van der Waals surface area contributed by atoms with Crippen molar-refractivity contribution in [2.24, 2.45) is 7.05 Å². The molecule has 0 bridgehead atoms. The quantitative estimate of drug-likeness (QED) is 0.905. The molecule has 0 saturated carbocycles. The molecule has 6 nitrogen and oxygen atoms in total. The van der Waals surface area contributed by atoms with Gasteiger partial charge in [-0.3, -0.25) is 14.4 Å². The van der Waals surface area contributed by atoms with Crippen molar-refractivity contribution in [2.45, 2.75) is 12.6 Å². The molecule has 1 saturated heterocycles. The highest BCUT2D eigenvalue weighted by atomic mass is 79.9. The summed E-state index contributed by atoms with van der Waals surface area (Å²) in [5.41, 5.74) is 1.84. The van der Waals surface area contributed by atoms with E-state index in [0.29, 0.717) is 13.1 Å². The van der Waals surface area contributed by atoms with E-state index in [4.69, 9.17) is 0 Å². The number of carbonyl (C=O) groups is 1. The number of aromatic nitrogens is 3. The molecule has 3 rings (SSSR count). The molecular formula is C14H16BrN5O. The van der Waals surface area contributed by atoms with Gasteiger partial charge in [-0.25, -0.2) is 0 Å². The molecule has 0 radical (unpaired) electrons. The van der Waals surface area contributed by atoms with Crippen molar-refractivity contribution < 1.29 is 4.79 Å². The van der Waals surface area contributed by atoms with Crippen LogP contribution in [0.1, 0.15) is 17.3 Å². The van der Waals surface area contributed by atoms with Gasteiger partial charge < -0.3 is 5.32 Å². The Morgan fingerprint density at radius 2 is 2.24 bits per heavy atom. The Labute approximate surface area is 131 Å². The van der Waals surface area contributed by atoms with Gasteiger partial charge in [0.05, 0.1) is 5.69 Å². The zero-order valence-electron chi connectivity index (χ0n) is 11.7. The van der Waals surface area contributed by atoms with Crippen LogP contribution in [0.2, 0.25) is 0 Å². The van der Waals surface area contributed by atoms with Crippen molar-refractivity contribution in [1.29, 1.82) is 0 Å². The molecule has 7 heteroatoms. The van der Waals surface area contributed by atoms with Crippen molar-refractivity contribution in [2.75, 3.05) is 13.1 Å². The van der Waals surface area contributed by atoms with E-state index < -0.39 is 0 Å². The largest absolute Gasteiger partial charge is 0.353 e. The van der Waals surface area contributed by atoms with Gasteiger partial charge >= 0.3 is 0 Å². The zero-order chi connectivity index (χ0) is 14.8. The van der Waals surface area contributed by atoms with Gasteiger partial charge in [-0.1, -0.05) is 39.3 Å². The zero-order valence-corrected chi connectivity index (χ0v) is 13.2. The van der Waals surface area contributed by atoms with Crippen LogP contribution in [-0.2, 0) is 18.4 Å². The molecule has 1 unspecified atom stereocenters. The number of aryl methyl sites for hydroxylation is 1. The summed E-state index contributed by atoms with van der Waals surface area (Å²) >= 11 is 3.54. The van der Waals surface area contributed by atoms with Crippen molar-refractivity contribution >= 4 is 21.8 Å². The summed E-state index contributed by atoms with van der Waals surface area (Å²) in [4.78, 5) is 14.5. The maximum atomic E-state index is 12.3. The van der Waals surface area contributed by atoms with Gasteiger partial charge in [-0.15, -0.1) is 5.10 Å². The second kappa shape index (κ2) is 5.95. The molecule has 21 heavy (non-hydrogen) atoms. The summed E-state index contributed by atoms with van der Waals surface area (Å²) in [6.45, 7) is 2.04. The molecule has 1 atom stereocenters. The third-order valence-corrected chi connectivity index (χ3v) is 4.25. The normalized spacial score (nSPS) is 19.5. The van der Waals surface area contributed by atoms with Crippen LogP contribution < -0.4 is 5.32 Å². The van der Waals surface area contributed by atoms with Crippen molar-refractivity contribution in [3.05, 3.63) is 46.2 Å². The van der Waals surface area contributed by atoms with Gasteiger partial charge in [0.1, 0.15) is 6.04 Å². The molecule has 110 valence electrons. The standard InChI is InChI=1S/C14H16BrN5O/c1-19-8-10(17-18-19)9-20-7-6-16-14(21)13(20)11-4-2-3-5-12(11)15/h2-5,8,13H,6-7,9H2,1H3,(H,16,21). The minimum Gasteiger partial charge on any atom is -0.353 e. The Morgan fingerprint density at radius 1 is 1.43 bits per heavy atom. The average Bonchev–Trinajstić information content (AvgIpc) is 2.86. The lowest BCUT2D eigenvalue weighted by molar-refractivity contribution is -0.129. The van der Waals surface area contributed by atoms with Crippen molar-refractivity contribution in [3.8, 4) is 0 Å². The second-order valence-corrected chi connectivity index (χ2v) is 5.92. The number of benzene rings is 1. The fourth-order valence-corrected chi connectivity index (χ4v) is 3.10. The third kappa shape index (κ3) is 2.98. The van der Waals surface area contributed by atoms with Crippen LogP contribution in [0.3, 0.4) is 0 Å². The van der Waals surface area contributed by atoms with E-state index in [0.717, 1.165) is 22.3 Å². The molecule has 2 heterocycles. The number of piperazine rings is 1. The topological polar surface area (TPSA) is 63.0 Å². The van der Waals surface area contributed by atoms with Crippen LogP contribution in [0, 0.1) is 0 Å². The monoisotopic (exact) mass is 349 g/mol. The van der Waals surface area contributed by atoms with Crippen LogP contribution >= 0.6 is 15.9 Å². The Kier molecular flexibility index (Phi) is 4.03. The molecule has 0 aliphatic carbocycles. The molecule has 1 aliphatic heterocycles. The van der Waals surface area contributed by atoms with E-state index in [2.05, 4.69) is 36.5 Å². The number of halogens is 1. The summed E-state index contributed by atoms with van der Waals surface area (Å²) < 4.78 is 2.61. The molecule has 1 aromatic carbocycles. The first-order chi connectivity index (χ1) is 10.1. The van der Waals surface area contributed by atoms with E-state index in [1.165, 1.54) is 0 Å². The van der Waals surface area contributed by atoms with Gasteiger partial charge in [-0.2, -0.15) is 0 Å². The van der Waals surface area contributed by atoms with E-state index in [1.54, 1.807) is 4.68 Å². The maximum Gasteiger partial charge on any atom is 0.242 e. The fraction of sp³-hybridized carbons (Fsp3) is 0.357. The van der Waals surface area contributed by atoms with Crippen LogP contribution in [-0.4, -0.2) is 38.9 Å². The highest BCUT2D eigenvalue weighted by Crippen LogP contribution is 2.30. The summed E-state index contributed by atoms with van der Waals surface area (Å²) in [5, 5.41) is 11.0. The molecule has 1 aromatic heterocycles. The fourth-order valence-electron chi connectivity index (χ4n) is 2.60. The Morgan fingerprint density at radius 3 is 2.95 bits per heavy atom. The summed E-state index contributed by atoms with van der Waals surface area (Å²) in [5.74, 6) is 0.0250. The van der Waals surface area contributed by atoms with Crippen molar-refractivity contribution in [1.82, 2.24) is 25.2 Å². The van der Waals surface area contributed by atoms with E-state index in [9.17, 15) is 4.79 Å². The Hall–Kier alpha value is -1.73. The van der Waals surface area contributed by atoms with E-state index in [-0.39, 0.29) is 11.9 Å². The molecule has 2 aromatic rings. The molecule has 0 spiro atoms. The van der Waals surface area contributed by atoms with Crippen LogP contribution in [0.25, 0.3) is 0 Å². The van der Waals surface area contributed by atoms with Gasteiger partial charge in [0, 0.05) is 37.4 Å². The van der Waals surface area contributed by atoms with Crippen LogP contribution in [0.4, 0.5) is 0 Å². The van der Waals surface area contributed by atoms with E-state index in [1.807, 2.05) is 37.5 Å². The molecule has 1 amide bonds. The average molecular weight is 350 g/mol. The number of carbonyl (C=O) groups excluding carboxylic acids is 1. The molecule has 1 N–H and O–H groups in total. The lowest BCUT2D eigenvalue weighted by Crippen LogP contribution is -2.49. The summed E-state index contributed by atoms with van der Waals surface area (Å²) in [6, 6.07) is 7.52. The smallest absolute Gasteiger partial charge is 0.242 e. The van der Waals surface area contributed by atoms with Crippen LogP contribution in [0.15, 0.2) is 34.9 Å². The Balaban J connectivity index is 1.90. The van der Waals surface area contributed by atoms with E-state index >= 15 is 0 Å².